The highest BCUT2D eigenvalue weighted by molar-refractivity contribution is 5.76. The Morgan fingerprint density at radius 3 is 2.83 bits per heavy atom. The van der Waals surface area contributed by atoms with Crippen LogP contribution in [-0.4, -0.2) is 79.1 Å². The first kappa shape index (κ1) is 17.7. The van der Waals surface area contributed by atoms with E-state index in [-0.39, 0.29) is 11.5 Å². The van der Waals surface area contributed by atoms with E-state index in [1.165, 1.54) is 6.07 Å². The number of nitrogens with one attached hydrogen (secondary N) is 1. The largest absolute Gasteiger partial charge is 0.384 e. The molecule has 1 aliphatic rings. The number of amides is 1. The van der Waals surface area contributed by atoms with Gasteiger partial charge in [0, 0.05) is 51.1 Å². The minimum Gasteiger partial charge on any atom is -0.384 e. The van der Waals surface area contributed by atoms with Crippen LogP contribution in [0.5, 0.6) is 0 Å². The number of carbonyl (C=O) groups excluding carboxylic acids is 1. The Bertz CT molecular complexity index is 552. The first-order chi connectivity index (χ1) is 11.0. The highest BCUT2D eigenvalue weighted by Gasteiger charge is 2.26. The zero-order chi connectivity index (χ0) is 16.8. The Balaban J connectivity index is 1.80. The van der Waals surface area contributed by atoms with Gasteiger partial charge in [-0.05, 0) is 34.0 Å². The Hall–Kier alpha value is -1.60. The molecule has 1 amide bonds. The van der Waals surface area contributed by atoms with Gasteiger partial charge in [0.2, 0.25) is 5.91 Å². The summed E-state index contributed by atoms with van der Waals surface area (Å²) in [6.07, 6.45) is 3.03. The van der Waals surface area contributed by atoms with E-state index in [9.17, 15) is 9.59 Å². The fourth-order valence-corrected chi connectivity index (χ4v) is 2.91. The fourth-order valence-electron chi connectivity index (χ4n) is 2.91. The molecule has 1 atom stereocenters. The number of carbonyl (C=O) groups is 1. The third-order valence-electron chi connectivity index (χ3n) is 4.43. The molecule has 1 aliphatic heterocycles. The zero-order valence-electron chi connectivity index (χ0n) is 14.4. The number of aryl methyl sites for hydroxylation is 1. The summed E-state index contributed by atoms with van der Waals surface area (Å²) < 4.78 is 4.99. The molecular weight excluding hydrogens is 296 g/mol. The van der Waals surface area contributed by atoms with Gasteiger partial charge in [-0.1, -0.05) is 0 Å². The van der Waals surface area contributed by atoms with Gasteiger partial charge in [-0.2, -0.15) is 5.16 Å². The molecule has 130 valence electrons. The fraction of sp³-hybridized carbons (Fsp3) is 0.750. The smallest absolute Gasteiger partial charge is 0.280 e. The van der Waals surface area contributed by atoms with Crippen molar-refractivity contribution in [1.82, 2.24) is 19.9 Å². The van der Waals surface area contributed by atoms with Crippen LogP contribution in [0.3, 0.4) is 0 Å². The van der Waals surface area contributed by atoms with Crippen LogP contribution in [0.2, 0.25) is 0 Å². The molecule has 0 bridgehead atoms. The van der Waals surface area contributed by atoms with Crippen LogP contribution >= 0.6 is 0 Å². The highest BCUT2D eigenvalue weighted by Crippen LogP contribution is 2.16. The number of H-pyrrole nitrogens is 1. The number of nitrogens with zero attached hydrogens (tertiary/aromatic N) is 3. The first-order valence-corrected chi connectivity index (χ1v) is 8.26. The molecule has 1 N–H and O–H groups in total. The van der Waals surface area contributed by atoms with E-state index < -0.39 is 0 Å². The van der Waals surface area contributed by atoms with Crippen LogP contribution in [0.4, 0.5) is 0 Å². The number of aromatic nitrogens is 1. The number of likely N-dealkylation sites (N-methyl/N-ethyl adjacent to an activating group) is 2. The van der Waals surface area contributed by atoms with Gasteiger partial charge in [0.05, 0.1) is 0 Å². The monoisotopic (exact) mass is 324 g/mol. The number of likely N-dealkylation sites (tertiary alicyclic amines) is 1. The number of hydrogen-bond acceptors (Lipinski definition) is 5. The predicted molar refractivity (Wildman–Crippen MR) is 88.4 cm³/mol. The summed E-state index contributed by atoms with van der Waals surface area (Å²) in [4.78, 5) is 29.9. The Kier molecular flexibility index (Phi) is 6.41. The van der Waals surface area contributed by atoms with Gasteiger partial charge in [0.15, 0.2) is 0 Å². The average Bonchev–Trinajstić information content (AvgIpc) is 2.95. The average molecular weight is 324 g/mol. The van der Waals surface area contributed by atoms with E-state index in [0.717, 1.165) is 39.0 Å². The molecule has 0 unspecified atom stereocenters. The van der Waals surface area contributed by atoms with Crippen molar-refractivity contribution in [2.75, 3.05) is 47.3 Å². The van der Waals surface area contributed by atoms with Gasteiger partial charge >= 0.3 is 0 Å². The zero-order valence-corrected chi connectivity index (χ0v) is 14.4. The molecule has 7 heteroatoms. The summed E-state index contributed by atoms with van der Waals surface area (Å²) in [6, 6.07) is 1.83. The summed E-state index contributed by atoms with van der Waals surface area (Å²) in [5, 5.41) is 2.25. The summed E-state index contributed by atoms with van der Waals surface area (Å²) in [7, 11) is 6.28. The van der Waals surface area contributed by atoms with Gasteiger partial charge in [0.25, 0.3) is 5.56 Å². The minimum absolute atomic E-state index is 0.138. The van der Waals surface area contributed by atoms with Crippen LogP contribution in [0.1, 0.15) is 25.0 Å². The lowest BCUT2D eigenvalue weighted by atomic mass is 10.0. The molecule has 0 saturated carbocycles. The van der Waals surface area contributed by atoms with E-state index >= 15 is 0 Å². The van der Waals surface area contributed by atoms with Crippen LogP contribution in [0.15, 0.2) is 15.4 Å². The first-order valence-electron chi connectivity index (χ1n) is 8.26. The topological polar surface area (TPSA) is 72.8 Å². The summed E-state index contributed by atoms with van der Waals surface area (Å²) in [5.74, 6) is 0.680. The number of piperidine rings is 1. The van der Waals surface area contributed by atoms with Crippen molar-refractivity contribution >= 4 is 5.91 Å². The Morgan fingerprint density at radius 2 is 2.17 bits per heavy atom. The molecule has 23 heavy (non-hydrogen) atoms. The quantitative estimate of drug-likeness (QED) is 0.785. The lowest BCUT2D eigenvalue weighted by molar-refractivity contribution is -0.133. The summed E-state index contributed by atoms with van der Waals surface area (Å²) in [5.41, 5.74) is -0.256. The summed E-state index contributed by atoms with van der Waals surface area (Å²) in [6.45, 7) is 3.65. The second-order valence-electron chi connectivity index (χ2n) is 6.60. The third-order valence-corrected chi connectivity index (χ3v) is 4.43. The highest BCUT2D eigenvalue weighted by atomic mass is 16.5. The molecule has 2 heterocycles. The van der Waals surface area contributed by atoms with Crippen LogP contribution < -0.4 is 5.56 Å². The van der Waals surface area contributed by atoms with Gasteiger partial charge in [-0.25, -0.2) is 0 Å². The molecule has 0 aromatic carbocycles. The maximum Gasteiger partial charge on any atom is 0.280 e. The number of rotatable bonds is 7. The summed E-state index contributed by atoms with van der Waals surface area (Å²) >= 11 is 0. The molecule has 7 nitrogen and oxygen atoms in total. The molecule has 1 fully saturated rings. The van der Waals surface area contributed by atoms with Crippen molar-refractivity contribution in [3.8, 4) is 0 Å². The molecule has 0 radical (unpaired) electrons. The van der Waals surface area contributed by atoms with Crippen LogP contribution in [-0.2, 0) is 11.2 Å². The molecule has 0 spiro atoms. The molecule has 1 saturated heterocycles. The van der Waals surface area contributed by atoms with Crippen molar-refractivity contribution in [3.63, 3.8) is 0 Å². The van der Waals surface area contributed by atoms with E-state index in [1.54, 1.807) is 0 Å². The third kappa shape index (κ3) is 5.51. The maximum atomic E-state index is 12.4. The second kappa shape index (κ2) is 8.31. The predicted octanol–water partition coefficient (Wildman–Crippen LogP) is 0.385. The number of hydrogen-bond donors (Lipinski definition) is 1. The molecule has 2 rings (SSSR count). The van der Waals surface area contributed by atoms with Gasteiger partial charge in [-0.3, -0.25) is 9.59 Å². The lowest BCUT2D eigenvalue weighted by Crippen LogP contribution is -2.49. The van der Waals surface area contributed by atoms with Crippen molar-refractivity contribution < 1.29 is 9.32 Å². The Morgan fingerprint density at radius 1 is 1.39 bits per heavy atom. The lowest BCUT2D eigenvalue weighted by Gasteiger charge is -2.38. The standard InChI is InChI=1S/C16H28N4O3/c1-18(2)9-10-19(3)13-5-4-8-20(12-13)16(22)7-6-14-11-15(21)17-23-14/h11,13H,4-10,12H2,1-3H3,(H,17,21)/t13-/m1/s1. The van der Waals surface area contributed by atoms with E-state index in [2.05, 4.69) is 36.1 Å². The van der Waals surface area contributed by atoms with Crippen LogP contribution in [0, 0.1) is 0 Å². The Labute approximate surface area is 137 Å². The SMILES string of the molecule is CN(C)CCN(C)[C@@H]1CCCN(C(=O)CCc2cc(=O)[nH]o2)C1. The van der Waals surface area contributed by atoms with Crippen molar-refractivity contribution in [2.45, 2.75) is 31.7 Å². The normalized spacial score (nSPS) is 18.8. The van der Waals surface area contributed by atoms with E-state index in [0.29, 0.717) is 24.6 Å². The minimum atomic E-state index is -0.256. The maximum absolute atomic E-state index is 12.4. The molecular formula is C16H28N4O3. The number of aromatic amines is 1. The van der Waals surface area contributed by atoms with E-state index in [1.807, 2.05) is 4.90 Å². The van der Waals surface area contributed by atoms with E-state index in [4.69, 9.17) is 4.52 Å². The van der Waals surface area contributed by atoms with Gasteiger partial charge in [-0.15, -0.1) is 0 Å². The van der Waals surface area contributed by atoms with Crippen molar-refractivity contribution in [1.29, 1.82) is 0 Å². The molecule has 1 aromatic heterocycles. The van der Waals surface area contributed by atoms with Crippen molar-refractivity contribution in [3.05, 3.63) is 22.2 Å². The molecule has 0 aliphatic carbocycles. The second-order valence-corrected chi connectivity index (χ2v) is 6.60. The van der Waals surface area contributed by atoms with Gasteiger partial charge in [0.1, 0.15) is 5.76 Å². The van der Waals surface area contributed by atoms with Crippen molar-refractivity contribution in [2.24, 2.45) is 0 Å². The van der Waals surface area contributed by atoms with Gasteiger partial charge < -0.3 is 19.2 Å². The van der Waals surface area contributed by atoms with Crippen LogP contribution in [0.25, 0.3) is 0 Å². The molecule has 1 aromatic rings.